The molecule has 4 heteroatoms. The molecule has 130 valence electrons. The highest BCUT2D eigenvalue weighted by Gasteiger charge is 2.25. The fraction of sp³-hybridized carbons (Fsp3) is 0.450. The summed E-state index contributed by atoms with van der Waals surface area (Å²) >= 11 is 7.72. The second kappa shape index (κ2) is 8.17. The monoisotopic (exact) mass is 363 g/mol. The van der Waals surface area contributed by atoms with E-state index in [4.69, 9.17) is 11.6 Å². The Morgan fingerprint density at radius 1 is 1.21 bits per heavy atom. The average molecular weight is 364 g/mol. The highest BCUT2D eigenvalue weighted by molar-refractivity contribution is 7.09. The first-order chi connectivity index (χ1) is 11.2. The molecule has 1 heterocycles. The number of amides is 1. The maximum absolute atomic E-state index is 12.9. The van der Waals surface area contributed by atoms with Crippen LogP contribution in [0.4, 0.5) is 0 Å². The summed E-state index contributed by atoms with van der Waals surface area (Å²) in [5.41, 5.74) is 1.09. The summed E-state index contributed by atoms with van der Waals surface area (Å²) in [5, 5.41) is 2.81. The summed E-state index contributed by atoms with van der Waals surface area (Å²) in [6.45, 7) is 9.08. The molecule has 1 atom stereocenters. The lowest BCUT2D eigenvalue weighted by Gasteiger charge is -2.32. The van der Waals surface area contributed by atoms with Crippen LogP contribution in [0.5, 0.6) is 0 Å². The fourth-order valence-corrected chi connectivity index (χ4v) is 3.61. The van der Waals surface area contributed by atoms with Gasteiger partial charge in [0, 0.05) is 35.3 Å². The van der Waals surface area contributed by atoms with Crippen molar-refractivity contribution in [2.45, 2.75) is 53.1 Å². The first kappa shape index (κ1) is 19.0. The third-order valence-electron chi connectivity index (χ3n) is 3.88. The van der Waals surface area contributed by atoms with E-state index in [2.05, 4.69) is 45.2 Å². The molecule has 0 N–H and O–H groups in total. The molecule has 2 aromatic rings. The maximum atomic E-state index is 12.9. The normalized spacial score (nSPS) is 12.9. The Morgan fingerprint density at radius 3 is 2.42 bits per heavy atom. The number of halogens is 1. The molecule has 0 radical (unpaired) electrons. The number of rotatable bonds is 6. The third-order valence-corrected chi connectivity index (χ3v) is 5.03. The van der Waals surface area contributed by atoms with E-state index in [1.165, 1.54) is 4.88 Å². The van der Waals surface area contributed by atoms with Gasteiger partial charge in [-0.25, -0.2) is 0 Å². The second-order valence-electron chi connectivity index (χ2n) is 7.52. The van der Waals surface area contributed by atoms with Crippen molar-refractivity contribution in [1.82, 2.24) is 4.90 Å². The third kappa shape index (κ3) is 5.95. The van der Waals surface area contributed by atoms with E-state index in [1.54, 1.807) is 11.3 Å². The Hall–Kier alpha value is -1.32. The van der Waals surface area contributed by atoms with Gasteiger partial charge in [0.1, 0.15) is 0 Å². The highest BCUT2D eigenvalue weighted by atomic mass is 35.5. The maximum Gasteiger partial charge on any atom is 0.223 e. The first-order valence-corrected chi connectivity index (χ1v) is 9.57. The van der Waals surface area contributed by atoms with Crippen LogP contribution in [0.15, 0.2) is 41.8 Å². The summed E-state index contributed by atoms with van der Waals surface area (Å²) in [6.07, 6.45) is 1.44. The zero-order valence-corrected chi connectivity index (χ0v) is 16.5. The number of carbonyl (C=O) groups is 1. The Morgan fingerprint density at radius 2 is 1.88 bits per heavy atom. The molecule has 0 bridgehead atoms. The van der Waals surface area contributed by atoms with Crippen molar-refractivity contribution >= 4 is 28.8 Å². The molecule has 1 aromatic carbocycles. The summed E-state index contributed by atoms with van der Waals surface area (Å²) in [7, 11) is 0. The number of carbonyl (C=O) groups excluding carboxylic acids is 1. The molecule has 1 amide bonds. The molecule has 1 aromatic heterocycles. The Kier molecular flexibility index (Phi) is 6.47. The van der Waals surface area contributed by atoms with Gasteiger partial charge in [0.25, 0.3) is 0 Å². The van der Waals surface area contributed by atoms with E-state index in [9.17, 15) is 4.79 Å². The Balaban J connectivity index is 2.16. The van der Waals surface area contributed by atoms with Gasteiger partial charge in [-0.2, -0.15) is 0 Å². The topological polar surface area (TPSA) is 20.3 Å². The van der Waals surface area contributed by atoms with Gasteiger partial charge in [-0.15, -0.1) is 11.3 Å². The van der Waals surface area contributed by atoms with Crippen molar-refractivity contribution in [3.8, 4) is 0 Å². The van der Waals surface area contributed by atoms with E-state index < -0.39 is 0 Å². The van der Waals surface area contributed by atoms with Gasteiger partial charge in [0.15, 0.2) is 0 Å². The van der Waals surface area contributed by atoms with Crippen molar-refractivity contribution < 1.29 is 4.79 Å². The SMILES string of the molecule is C[C@H](Cc1cccs1)N(Cc1ccc(Cl)cc1)C(=O)CC(C)(C)C. The molecule has 0 spiro atoms. The van der Waals surface area contributed by atoms with Gasteiger partial charge in [-0.05, 0) is 41.5 Å². The fourth-order valence-electron chi connectivity index (χ4n) is 2.66. The zero-order chi connectivity index (χ0) is 17.7. The summed E-state index contributed by atoms with van der Waals surface area (Å²) in [6, 6.07) is 12.1. The molecule has 0 saturated heterocycles. The molecular formula is C20H26ClNOS. The molecule has 0 aliphatic carbocycles. The van der Waals surface area contributed by atoms with Crippen LogP contribution in [0, 0.1) is 5.41 Å². The van der Waals surface area contributed by atoms with Crippen LogP contribution in [0.25, 0.3) is 0 Å². The molecular weight excluding hydrogens is 338 g/mol. The summed E-state index contributed by atoms with van der Waals surface area (Å²) in [5.74, 6) is 0.210. The van der Waals surface area contributed by atoms with Crippen LogP contribution < -0.4 is 0 Å². The Labute approximate surface area is 154 Å². The quantitative estimate of drug-likeness (QED) is 0.635. The predicted octanol–water partition coefficient (Wildman–Crippen LogP) is 5.80. The number of hydrogen-bond donors (Lipinski definition) is 0. The van der Waals surface area contributed by atoms with Crippen LogP contribution in [0.1, 0.15) is 44.6 Å². The zero-order valence-electron chi connectivity index (χ0n) is 14.9. The van der Waals surface area contributed by atoms with E-state index in [-0.39, 0.29) is 17.4 Å². The van der Waals surface area contributed by atoms with Gasteiger partial charge in [-0.1, -0.05) is 50.6 Å². The molecule has 2 nitrogen and oxygen atoms in total. The minimum absolute atomic E-state index is 0.0159. The van der Waals surface area contributed by atoms with Crippen LogP contribution in [-0.4, -0.2) is 16.8 Å². The first-order valence-electron chi connectivity index (χ1n) is 8.31. The van der Waals surface area contributed by atoms with E-state index in [1.807, 2.05) is 29.2 Å². The molecule has 0 saturated carbocycles. The minimum atomic E-state index is -0.0159. The van der Waals surface area contributed by atoms with Gasteiger partial charge >= 0.3 is 0 Å². The van der Waals surface area contributed by atoms with E-state index in [0.717, 1.165) is 17.0 Å². The lowest BCUT2D eigenvalue weighted by molar-refractivity contribution is -0.135. The highest BCUT2D eigenvalue weighted by Crippen LogP contribution is 2.24. The van der Waals surface area contributed by atoms with Crippen LogP contribution in [0.3, 0.4) is 0 Å². The van der Waals surface area contributed by atoms with Crippen molar-refractivity contribution in [3.63, 3.8) is 0 Å². The number of hydrogen-bond acceptors (Lipinski definition) is 2. The average Bonchev–Trinajstić information content (AvgIpc) is 2.97. The summed E-state index contributed by atoms with van der Waals surface area (Å²) in [4.78, 5) is 16.2. The van der Waals surface area contributed by atoms with Crippen molar-refractivity contribution in [2.24, 2.45) is 5.41 Å². The van der Waals surface area contributed by atoms with Crippen LogP contribution in [0.2, 0.25) is 5.02 Å². The van der Waals surface area contributed by atoms with Gasteiger partial charge in [-0.3, -0.25) is 4.79 Å². The van der Waals surface area contributed by atoms with Gasteiger partial charge < -0.3 is 4.90 Å². The molecule has 0 aliphatic rings. The number of nitrogens with zero attached hydrogens (tertiary/aromatic N) is 1. The van der Waals surface area contributed by atoms with E-state index >= 15 is 0 Å². The lowest BCUT2D eigenvalue weighted by atomic mass is 9.91. The number of thiophene rings is 1. The second-order valence-corrected chi connectivity index (χ2v) is 8.99. The summed E-state index contributed by atoms with van der Waals surface area (Å²) < 4.78 is 0. The van der Waals surface area contributed by atoms with Crippen molar-refractivity contribution in [3.05, 3.63) is 57.2 Å². The van der Waals surface area contributed by atoms with Crippen molar-refractivity contribution in [1.29, 1.82) is 0 Å². The standard InChI is InChI=1S/C20H26ClNOS/c1-15(12-18-6-5-11-24-18)22(19(23)13-20(2,3)4)14-16-7-9-17(21)10-8-16/h5-11,15H,12-14H2,1-4H3/t15-/m1/s1. The minimum Gasteiger partial charge on any atom is -0.335 e. The molecule has 24 heavy (non-hydrogen) atoms. The number of benzene rings is 1. The smallest absolute Gasteiger partial charge is 0.223 e. The van der Waals surface area contributed by atoms with Gasteiger partial charge in [0.2, 0.25) is 5.91 Å². The molecule has 0 unspecified atom stereocenters. The van der Waals surface area contributed by atoms with Gasteiger partial charge in [0.05, 0.1) is 0 Å². The molecule has 2 rings (SSSR count). The lowest BCUT2D eigenvalue weighted by Crippen LogP contribution is -2.40. The van der Waals surface area contributed by atoms with Crippen molar-refractivity contribution in [2.75, 3.05) is 0 Å². The van der Waals surface area contributed by atoms with E-state index in [0.29, 0.717) is 13.0 Å². The van der Waals surface area contributed by atoms with Crippen LogP contribution >= 0.6 is 22.9 Å². The predicted molar refractivity (Wildman–Crippen MR) is 104 cm³/mol. The molecule has 0 fully saturated rings. The van der Waals surface area contributed by atoms with Crippen LogP contribution in [-0.2, 0) is 17.8 Å². The largest absolute Gasteiger partial charge is 0.335 e. The molecule has 0 aliphatic heterocycles. The Bertz CT molecular complexity index is 643.